The van der Waals surface area contributed by atoms with Gasteiger partial charge in [0.05, 0.1) is 0 Å². The summed E-state index contributed by atoms with van der Waals surface area (Å²) < 4.78 is 14.1. The first-order valence-electron chi connectivity index (χ1n) is 9.13. The number of amides is 1. The molecule has 7 nitrogen and oxygen atoms in total. The molecule has 1 aromatic rings. The average Bonchev–Trinajstić information content (AvgIpc) is 2.92. The third-order valence-electron chi connectivity index (χ3n) is 4.17. The Kier molecular flexibility index (Phi) is 7.72. The van der Waals surface area contributed by atoms with Crippen LogP contribution in [0.15, 0.2) is 6.20 Å². The predicted octanol–water partition coefficient (Wildman–Crippen LogP) is 3.49. The van der Waals surface area contributed by atoms with E-state index in [1.807, 2.05) is 32.5 Å². The summed E-state index contributed by atoms with van der Waals surface area (Å²) in [4.78, 5) is 15.8. The highest BCUT2D eigenvalue weighted by atomic mass is 127. The molecule has 2 rings (SSSR count). The molecule has 0 radical (unpaired) electrons. The molecule has 0 spiro atoms. The van der Waals surface area contributed by atoms with E-state index in [2.05, 4.69) is 38.8 Å². The van der Waals surface area contributed by atoms with Crippen LogP contribution in [0.1, 0.15) is 51.8 Å². The van der Waals surface area contributed by atoms with Gasteiger partial charge in [-0.25, -0.2) is 9.48 Å². The second kappa shape index (κ2) is 9.36. The van der Waals surface area contributed by atoms with Crippen LogP contribution in [0, 0.1) is 3.70 Å². The minimum absolute atomic E-state index is 0.0645. The lowest BCUT2D eigenvalue weighted by Gasteiger charge is -2.26. The summed E-state index contributed by atoms with van der Waals surface area (Å²) in [6.07, 6.45) is 5.21. The molecule has 2 heterocycles. The molecule has 0 bridgehead atoms. The lowest BCUT2D eigenvalue weighted by Crippen LogP contribution is -2.38. The van der Waals surface area contributed by atoms with E-state index in [0.717, 1.165) is 36.2 Å². The summed E-state index contributed by atoms with van der Waals surface area (Å²) >= 11 is 2.28. The van der Waals surface area contributed by atoms with Gasteiger partial charge in [-0.05, 0) is 69.7 Å². The molecule has 1 aromatic heterocycles. The average molecular weight is 478 g/mol. The van der Waals surface area contributed by atoms with E-state index >= 15 is 0 Å². The molecule has 148 valence electrons. The molecule has 1 saturated heterocycles. The van der Waals surface area contributed by atoms with E-state index in [1.54, 1.807) is 11.9 Å². The molecule has 8 heteroatoms. The van der Waals surface area contributed by atoms with Gasteiger partial charge < -0.3 is 19.3 Å². The number of halogens is 1. The van der Waals surface area contributed by atoms with E-state index < -0.39 is 5.60 Å². The zero-order valence-electron chi connectivity index (χ0n) is 16.5. The van der Waals surface area contributed by atoms with E-state index in [0.29, 0.717) is 6.54 Å². The SMILES string of the molecule is CN(CCN(C)C(=O)OC(C)(C)C)Cc1cn([C@@H]2CCCCO2)nc1I. The second-order valence-corrected chi connectivity index (χ2v) is 8.91. The number of aromatic nitrogens is 2. The maximum atomic E-state index is 12.0. The van der Waals surface area contributed by atoms with Crippen molar-refractivity contribution in [1.29, 1.82) is 0 Å². The summed E-state index contributed by atoms with van der Waals surface area (Å²) in [5.74, 6) is 0. The number of ether oxygens (including phenoxy) is 2. The third kappa shape index (κ3) is 6.70. The standard InChI is InChI=1S/C18H31IN4O3/c1-18(2,3)26-17(24)22(5)10-9-21(4)12-14-13-23(20-16(14)19)15-8-6-7-11-25-15/h13,15H,6-12H2,1-5H3/t15-/m0/s1. The van der Waals surface area contributed by atoms with Crippen molar-refractivity contribution in [3.05, 3.63) is 15.5 Å². The molecule has 0 saturated carbocycles. The van der Waals surface area contributed by atoms with Crippen LogP contribution in [-0.4, -0.2) is 65.1 Å². The van der Waals surface area contributed by atoms with Gasteiger partial charge in [-0.15, -0.1) is 0 Å². The molecular formula is C18H31IN4O3. The van der Waals surface area contributed by atoms with Crippen LogP contribution < -0.4 is 0 Å². The highest BCUT2D eigenvalue weighted by molar-refractivity contribution is 14.1. The maximum absolute atomic E-state index is 12.0. The summed E-state index contributed by atoms with van der Waals surface area (Å²) in [5.41, 5.74) is 0.713. The lowest BCUT2D eigenvalue weighted by molar-refractivity contribution is -0.0397. The van der Waals surface area contributed by atoms with Gasteiger partial charge in [0.1, 0.15) is 15.5 Å². The number of carbonyl (C=O) groups is 1. The van der Waals surface area contributed by atoms with Crippen molar-refractivity contribution in [1.82, 2.24) is 19.6 Å². The van der Waals surface area contributed by atoms with Crippen molar-refractivity contribution in [2.75, 3.05) is 33.8 Å². The first-order chi connectivity index (χ1) is 12.2. The van der Waals surface area contributed by atoms with Crippen LogP contribution in [-0.2, 0) is 16.0 Å². The molecule has 0 unspecified atom stereocenters. The number of hydrogen-bond acceptors (Lipinski definition) is 5. The van der Waals surface area contributed by atoms with Gasteiger partial charge in [-0.1, -0.05) is 0 Å². The zero-order valence-corrected chi connectivity index (χ0v) is 18.7. The first-order valence-corrected chi connectivity index (χ1v) is 10.2. The molecule has 1 fully saturated rings. The number of likely N-dealkylation sites (N-methyl/N-ethyl adjacent to an activating group) is 2. The van der Waals surface area contributed by atoms with Crippen LogP contribution >= 0.6 is 22.6 Å². The Bertz CT molecular complexity index is 594. The van der Waals surface area contributed by atoms with E-state index in [-0.39, 0.29) is 12.3 Å². The predicted molar refractivity (Wildman–Crippen MR) is 109 cm³/mol. The van der Waals surface area contributed by atoms with Crippen molar-refractivity contribution in [2.45, 2.75) is 58.4 Å². The van der Waals surface area contributed by atoms with Crippen LogP contribution in [0.25, 0.3) is 0 Å². The molecule has 26 heavy (non-hydrogen) atoms. The summed E-state index contributed by atoms with van der Waals surface area (Å²) in [6, 6.07) is 0. The van der Waals surface area contributed by atoms with E-state index in [4.69, 9.17) is 9.47 Å². The number of hydrogen-bond donors (Lipinski definition) is 0. The number of nitrogens with zero attached hydrogens (tertiary/aromatic N) is 4. The Balaban J connectivity index is 1.83. The largest absolute Gasteiger partial charge is 0.444 e. The quantitative estimate of drug-likeness (QED) is 0.586. The fourth-order valence-corrected chi connectivity index (χ4v) is 3.27. The lowest BCUT2D eigenvalue weighted by atomic mass is 10.2. The van der Waals surface area contributed by atoms with Crippen LogP contribution in [0.5, 0.6) is 0 Å². The Morgan fingerprint density at radius 3 is 2.73 bits per heavy atom. The molecule has 1 aliphatic heterocycles. The van der Waals surface area contributed by atoms with E-state index in [1.165, 1.54) is 12.0 Å². The Morgan fingerprint density at radius 1 is 1.38 bits per heavy atom. The van der Waals surface area contributed by atoms with Crippen molar-refractivity contribution in [2.24, 2.45) is 0 Å². The van der Waals surface area contributed by atoms with E-state index in [9.17, 15) is 4.79 Å². The Labute approximate surface area is 170 Å². The minimum Gasteiger partial charge on any atom is -0.444 e. The number of carbonyl (C=O) groups excluding carboxylic acids is 1. The topological polar surface area (TPSA) is 59.8 Å². The zero-order chi connectivity index (χ0) is 19.3. The highest BCUT2D eigenvalue weighted by Crippen LogP contribution is 2.24. The Hall–Kier alpha value is -0.870. The van der Waals surface area contributed by atoms with Crippen LogP contribution in [0.3, 0.4) is 0 Å². The molecular weight excluding hydrogens is 447 g/mol. The minimum atomic E-state index is -0.469. The summed E-state index contributed by atoms with van der Waals surface area (Å²) in [6.45, 7) is 8.60. The Morgan fingerprint density at radius 2 is 2.12 bits per heavy atom. The monoisotopic (exact) mass is 478 g/mol. The molecule has 1 amide bonds. The fraction of sp³-hybridized carbons (Fsp3) is 0.778. The first kappa shape index (κ1) is 21.4. The van der Waals surface area contributed by atoms with Gasteiger partial charge in [0.2, 0.25) is 0 Å². The van der Waals surface area contributed by atoms with Crippen molar-refractivity contribution in [3.8, 4) is 0 Å². The van der Waals surface area contributed by atoms with Gasteiger partial charge in [-0.3, -0.25) is 0 Å². The van der Waals surface area contributed by atoms with Gasteiger partial charge in [0.15, 0.2) is 0 Å². The molecule has 0 aliphatic carbocycles. The highest BCUT2D eigenvalue weighted by Gasteiger charge is 2.21. The third-order valence-corrected chi connectivity index (χ3v) is 5.08. The molecule has 0 N–H and O–H groups in total. The van der Waals surface area contributed by atoms with Crippen molar-refractivity contribution < 1.29 is 14.3 Å². The van der Waals surface area contributed by atoms with Gasteiger partial charge in [0.25, 0.3) is 0 Å². The summed E-state index contributed by atoms with van der Waals surface area (Å²) in [5, 5.41) is 4.62. The van der Waals surface area contributed by atoms with Crippen molar-refractivity contribution >= 4 is 28.7 Å². The molecule has 0 aromatic carbocycles. The smallest absolute Gasteiger partial charge is 0.410 e. The fourth-order valence-electron chi connectivity index (χ4n) is 2.72. The second-order valence-electron chi connectivity index (χ2n) is 7.89. The van der Waals surface area contributed by atoms with Gasteiger partial charge >= 0.3 is 6.09 Å². The van der Waals surface area contributed by atoms with Crippen molar-refractivity contribution in [3.63, 3.8) is 0 Å². The maximum Gasteiger partial charge on any atom is 0.410 e. The summed E-state index contributed by atoms with van der Waals surface area (Å²) in [7, 11) is 3.82. The number of rotatable bonds is 6. The van der Waals surface area contributed by atoms with Crippen LogP contribution in [0.4, 0.5) is 4.79 Å². The normalized spacial score (nSPS) is 18.2. The molecule has 1 atom stereocenters. The van der Waals surface area contributed by atoms with Crippen LogP contribution in [0.2, 0.25) is 0 Å². The van der Waals surface area contributed by atoms with Gasteiger partial charge in [-0.2, -0.15) is 5.10 Å². The molecule has 1 aliphatic rings. The van der Waals surface area contributed by atoms with Gasteiger partial charge in [0, 0.05) is 45.0 Å².